The molecule has 0 aliphatic carbocycles. The number of pyridine rings is 1. The molecular weight excluding hydrogens is 329 g/mol. The van der Waals surface area contributed by atoms with Crippen LogP contribution in [0, 0.1) is 5.82 Å². The van der Waals surface area contributed by atoms with E-state index < -0.39 is 0 Å². The molecule has 0 atom stereocenters. The summed E-state index contributed by atoms with van der Waals surface area (Å²) >= 11 is 0. The van der Waals surface area contributed by atoms with Gasteiger partial charge in [0.25, 0.3) is 0 Å². The van der Waals surface area contributed by atoms with Crippen LogP contribution in [0.5, 0.6) is 5.75 Å². The molecule has 0 spiro atoms. The number of ether oxygens (including phenoxy) is 1. The zero-order valence-corrected chi connectivity index (χ0v) is 15.2. The van der Waals surface area contributed by atoms with E-state index in [0.29, 0.717) is 6.61 Å². The van der Waals surface area contributed by atoms with E-state index in [1.165, 1.54) is 12.1 Å². The third kappa shape index (κ3) is 4.92. The number of aromatic nitrogens is 1. The second-order valence-corrected chi connectivity index (χ2v) is 6.54. The topological polar surface area (TPSA) is 37.4 Å². The molecule has 1 aromatic heterocycles. The Morgan fingerprint density at radius 1 is 1.08 bits per heavy atom. The van der Waals surface area contributed by atoms with Gasteiger partial charge in [-0.3, -0.25) is 4.98 Å². The van der Waals surface area contributed by atoms with Crippen LogP contribution in [0.25, 0.3) is 10.9 Å². The lowest BCUT2D eigenvalue weighted by Crippen LogP contribution is -2.16. The number of nitrogens with one attached hydrogen (secondary N) is 1. The summed E-state index contributed by atoms with van der Waals surface area (Å²) < 4.78 is 18.8. The van der Waals surface area contributed by atoms with Crippen LogP contribution < -0.4 is 10.1 Å². The smallest absolute Gasteiger partial charge is 0.123 e. The van der Waals surface area contributed by atoms with Crippen LogP contribution in [-0.4, -0.2) is 37.1 Å². The molecule has 2 aromatic carbocycles. The molecule has 0 unspecified atom stereocenters. The first-order valence-corrected chi connectivity index (χ1v) is 8.76. The Kier molecular flexibility index (Phi) is 6.02. The summed E-state index contributed by atoms with van der Waals surface area (Å²) in [5, 5.41) is 4.56. The van der Waals surface area contributed by atoms with Gasteiger partial charge in [0, 0.05) is 29.9 Å². The molecule has 1 heterocycles. The highest BCUT2D eigenvalue weighted by molar-refractivity contribution is 5.91. The number of benzene rings is 2. The fourth-order valence-electron chi connectivity index (χ4n) is 2.74. The van der Waals surface area contributed by atoms with Crippen LogP contribution in [0.15, 0.2) is 54.7 Å². The number of hydrogen-bond donors (Lipinski definition) is 1. The zero-order valence-electron chi connectivity index (χ0n) is 15.2. The molecule has 4 nitrogen and oxygen atoms in total. The Bertz CT molecular complexity index is 850. The molecule has 0 aliphatic rings. The van der Waals surface area contributed by atoms with E-state index in [2.05, 4.69) is 29.3 Å². The molecule has 0 fully saturated rings. The minimum absolute atomic E-state index is 0.241. The fraction of sp³-hybridized carbons (Fsp3) is 0.286. The molecule has 1 N–H and O–H groups in total. The fourth-order valence-corrected chi connectivity index (χ4v) is 2.74. The van der Waals surface area contributed by atoms with Gasteiger partial charge in [-0.2, -0.15) is 0 Å². The Morgan fingerprint density at radius 2 is 1.88 bits per heavy atom. The molecule has 26 heavy (non-hydrogen) atoms. The first-order chi connectivity index (χ1) is 12.6. The van der Waals surface area contributed by atoms with Gasteiger partial charge in [-0.15, -0.1) is 0 Å². The van der Waals surface area contributed by atoms with Gasteiger partial charge in [0.2, 0.25) is 0 Å². The van der Waals surface area contributed by atoms with Crippen molar-refractivity contribution in [3.63, 3.8) is 0 Å². The van der Waals surface area contributed by atoms with Crippen LogP contribution >= 0.6 is 0 Å². The third-order valence-electron chi connectivity index (χ3n) is 4.13. The van der Waals surface area contributed by atoms with E-state index >= 15 is 0 Å². The van der Waals surface area contributed by atoms with Crippen molar-refractivity contribution >= 4 is 16.6 Å². The molecule has 0 saturated carbocycles. The maximum Gasteiger partial charge on any atom is 0.123 e. The first-order valence-electron chi connectivity index (χ1n) is 8.76. The maximum atomic E-state index is 13.0. The van der Waals surface area contributed by atoms with E-state index in [1.54, 1.807) is 18.3 Å². The summed E-state index contributed by atoms with van der Waals surface area (Å²) in [6.45, 7) is 2.37. The highest BCUT2D eigenvalue weighted by Crippen LogP contribution is 2.26. The van der Waals surface area contributed by atoms with Crippen LogP contribution in [0.4, 0.5) is 10.1 Å². The van der Waals surface area contributed by atoms with Gasteiger partial charge in [-0.05, 0) is 63.0 Å². The van der Waals surface area contributed by atoms with Crippen molar-refractivity contribution in [2.45, 2.75) is 13.0 Å². The lowest BCUT2D eigenvalue weighted by atomic mass is 10.1. The SMILES string of the molecule is CN(C)CCCNc1ccnc2cc(OCc3ccc(F)cc3)ccc12. The summed E-state index contributed by atoms with van der Waals surface area (Å²) in [5.74, 6) is 0.508. The van der Waals surface area contributed by atoms with Crippen LogP contribution in [-0.2, 0) is 6.61 Å². The van der Waals surface area contributed by atoms with E-state index in [1.807, 2.05) is 24.3 Å². The molecule has 0 radical (unpaired) electrons. The molecule has 3 rings (SSSR count). The standard InChI is InChI=1S/C21H24FN3O/c1-25(2)13-3-11-23-20-10-12-24-21-14-18(8-9-19(20)21)26-15-16-4-6-17(22)7-5-16/h4-10,12,14H,3,11,13,15H2,1-2H3,(H,23,24). The zero-order chi connectivity index (χ0) is 18.4. The van der Waals surface area contributed by atoms with Crippen molar-refractivity contribution in [3.05, 3.63) is 66.1 Å². The van der Waals surface area contributed by atoms with Crippen LogP contribution in [0.2, 0.25) is 0 Å². The Morgan fingerprint density at radius 3 is 2.65 bits per heavy atom. The summed E-state index contributed by atoms with van der Waals surface area (Å²) in [6, 6.07) is 14.2. The van der Waals surface area contributed by atoms with Crippen molar-refractivity contribution in [3.8, 4) is 5.75 Å². The van der Waals surface area contributed by atoms with Crippen LogP contribution in [0.1, 0.15) is 12.0 Å². The summed E-state index contributed by atoms with van der Waals surface area (Å²) in [4.78, 5) is 6.63. The van der Waals surface area contributed by atoms with Crippen molar-refractivity contribution in [2.24, 2.45) is 0 Å². The Balaban J connectivity index is 1.65. The van der Waals surface area contributed by atoms with Crippen molar-refractivity contribution in [2.75, 3.05) is 32.5 Å². The third-order valence-corrected chi connectivity index (χ3v) is 4.13. The van der Waals surface area contributed by atoms with Gasteiger partial charge >= 0.3 is 0 Å². The number of anilines is 1. The predicted molar refractivity (Wildman–Crippen MR) is 104 cm³/mol. The minimum atomic E-state index is -0.241. The normalized spacial score (nSPS) is 11.1. The average Bonchev–Trinajstić information content (AvgIpc) is 2.64. The summed E-state index contributed by atoms with van der Waals surface area (Å²) in [7, 11) is 4.16. The van der Waals surface area contributed by atoms with Gasteiger partial charge in [0.05, 0.1) is 5.52 Å². The molecule has 0 saturated heterocycles. The molecule has 3 aromatic rings. The number of fused-ring (bicyclic) bond motifs is 1. The van der Waals surface area contributed by atoms with Gasteiger partial charge in [0.1, 0.15) is 18.2 Å². The lowest BCUT2D eigenvalue weighted by Gasteiger charge is -2.13. The highest BCUT2D eigenvalue weighted by atomic mass is 19.1. The van der Waals surface area contributed by atoms with Crippen molar-refractivity contribution in [1.29, 1.82) is 0 Å². The minimum Gasteiger partial charge on any atom is -0.489 e. The van der Waals surface area contributed by atoms with Crippen molar-refractivity contribution in [1.82, 2.24) is 9.88 Å². The second kappa shape index (κ2) is 8.63. The highest BCUT2D eigenvalue weighted by Gasteiger charge is 2.04. The number of nitrogens with zero attached hydrogens (tertiary/aromatic N) is 2. The summed E-state index contributed by atoms with van der Waals surface area (Å²) in [5.41, 5.74) is 2.90. The summed E-state index contributed by atoms with van der Waals surface area (Å²) in [6.07, 6.45) is 2.88. The van der Waals surface area contributed by atoms with Gasteiger partial charge in [-0.25, -0.2) is 4.39 Å². The predicted octanol–water partition coefficient (Wildman–Crippen LogP) is 4.32. The van der Waals surface area contributed by atoms with Gasteiger partial charge in [-0.1, -0.05) is 12.1 Å². The average molecular weight is 353 g/mol. The van der Waals surface area contributed by atoms with Crippen LogP contribution in [0.3, 0.4) is 0 Å². The molecular formula is C21H24FN3O. The molecule has 0 aliphatic heterocycles. The lowest BCUT2D eigenvalue weighted by molar-refractivity contribution is 0.306. The van der Waals surface area contributed by atoms with E-state index in [4.69, 9.17) is 4.74 Å². The van der Waals surface area contributed by atoms with E-state index in [9.17, 15) is 4.39 Å². The van der Waals surface area contributed by atoms with Gasteiger partial charge in [0.15, 0.2) is 0 Å². The monoisotopic (exact) mass is 353 g/mol. The maximum absolute atomic E-state index is 13.0. The largest absolute Gasteiger partial charge is 0.489 e. The quantitative estimate of drug-likeness (QED) is 0.612. The molecule has 136 valence electrons. The Labute approximate surface area is 153 Å². The van der Waals surface area contributed by atoms with Gasteiger partial charge < -0.3 is 15.0 Å². The van der Waals surface area contributed by atoms with Crippen molar-refractivity contribution < 1.29 is 9.13 Å². The molecule has 0 bridgehead atoms. The number of halogens is 1. The second-order valence-electron chi connectivity index (χ2n) is 6.54. The molecule has 5 heteroatoms. The van der Waals surface area contributed by atoms with E-state index in [-0.39, 0.29) is 5.82 Å². The Hall–Kier alpha value is -2.66. The number of rotatable bonds is 8. The van der Waals surface area contributed by atoms with E-state index in [0.717, 1.165) is 47.4 Å². The number of hydrogen-bond acceptors (Lipinski definition) is 4. The first kappa shape index (κ1) is 18.1. The molecule has 0 amide bonds.